The third-order valence-corrected chi connectivity index (χ3v) is 5.39. The predicted molar refractivity (Wildman–Crippen MR) is 128 cm³/mol. The van der Waals surface area contributed by atoms with Crippen LogP contribution in [0.2, 0.25) is 0 Å². The van der Waals surface area contributed by atoms with E-state index in [4.69, 9.17) is 14.5 Å². The molecule has 2 aromatic rings. The first-order valence-corrected chi connectivity index (χ1v) is 12.2. The van der Waals surface area contributed by atoms with Crippen LogP contribution in [0, 0.1) is 6.92 Å². The van der Waals surface area contributed by atoms with E-state index in [2.05, 4.69) is 39.2 Å². The monoisotopic (exact) mass is 448 g/mol. The number of aromatic nitrogens is 3. The summed E-state index contributed by atoms with van der Waals surface area (Å²) in [6.45, 7) is 9.24. The second kappa shape index (κ2) is 13.8. The number of hydrogen-bond acceptors (Lipinski definition) is 6. The van der Waals surface area contributed by atoms with Crippen LogP contribution in [0.3, 0.4) is 0 Å². The normalized spacial score (nSPS) is 11.5. The fraction of sp³-hybridized carbons (Fsp3) is 0.591. The standard InChI is InChI=1S/C22H36N6O2S/c1-6-29-19-10-9-18(15-20(19)30-7-2)11-13-24-22(23-12-8-14-31-5)25-16-21-27-26-17(3)28(21)4/h9-10,15H,6-8,11-14,16H2,1-5H3,(H2,23,24,25). The topological polar surface area (TPSA) is 85.6 Å². The number of nitrogens with one attached hydrogen (secondary N) is 2. The minimum absolute atomic E-state index is 0.479. The molecule has 0 aliphatic rings. The Bertz CT molecular complexity index is 824. The Morgan fingerprint density at radius 3 is 2.52 bits per heavy atom. The van der Waals surface area contributed by atoms with Crippen LogP contribution >= 0.6 is 11.8 Å². The van der Waals surface area contributed by atoms with E-state index >= 15 is 0 Å². The summed E-state index contributed by atoms with van der Waals surface area (Å²) in [4.78, 5) is 4.70. The van der Waals surface area contributed by atoms with Gasteiger partial charge in [0, 0.05) is 20.1 Å². The third kappa shape index (κ3) is 8.32. The largest absolute Gasteiger partial charge is 0.490 e. The Hall–Kier alpha value is -2.42. The number of hydrogen-bond donors (Lipinski definition) is 2. The molecule has 172 valence electrons. The quantitative estimate of drug-likeness (QED) is 0.277. The highest BCUT2D eigenvalue weighted by atomic mass is 32.2. The molecule has 0 amide bonds. The molecule has 0 unspecified atom stereocenters. The second-order valence-electron chi connectivity index (χ2n) is 6.98. The van der Waals surface area contributed by atoms with Gasteiger partial charge in [0.15, 0.2) is 23.3 Å². The predicted octanol–water partition coefficient (Wildman–Crippen LogP) is 2.95. The van der Waals surface area contributed by atoms with Crippen molar-refractivity contribution in [1.82, 2.24) is 25.4 Å². The molecule has 1 heterocycles. The highest BCUT2D eigenvalue weighted by Crippen LogP contribution is 2.28. The van der Waals surface area contributed by atoms with Gasteiger partial charge in [0.05, 0.1) is 13.2 Å². The highest BCUT2D eigenvalue weighted by Gasteiger charge is 2.08. The maximum Gasteiger partial charge on any atom is 0.191 e. The maximum absolute atomic E-state index is 5.74. The summed E-state index contributed by atoms with van der Waals surface area (Å²) in [6, 6.07) is 6.12. The Morgan fingerprint density at radius 2 is 1.84 bits per heavy atom. The summed E-state index contributed by atoms with van der Waals surface area (Å²) in [7, 11) is 1.96. The van der Waals surface area contributed by atoms with Gasteiger partial charge in [-0.3, -0.25) is 0 Å². The van der Waals surface area contributed by atoms with Gasteiger partial charge in [-0.1, -0.05) is 6.07 Å². The van der Waals surface area contributed by atoms with E-state index in [1.165, 1.54) is 5.56 Å². The van der Waals surface area contributed by atoms with Crippen LogP contribution in [-0.4, -0.2) is 59.0 Å². The summed E-state index contributed by atoms with van der Waals surface area (Å²) >= 11 is 1.85. The van der Waals surface area contributed by atoms with Crippen molar-refractivity contribution in [1.29, 1.82) is 0 Å². The number of benzene rings is 1. The molecule has 0 aliphatic heterocycles. The van der Waals surface area contributed by atoms with Crippen molar-refractivity contribution >= 4 is 17.7 Å². The molecule has 1 aromatic carbocycles. The number of aliphatic imine (C=N–C) groups is 1. The number of ether oxygens (including phenoxy) is 2. The summed E-state index contributed by atoms with van der Waals surface area (Å²) in [5, 5.41) is 15.2. The number of guanidine groups is 1. The lowest BCUT2D eigenvalue weighted by Gasteiger charge is -2.14. The fourth-order valence-corrected chi connectivity index (χ4v) is 3.35. The Labute approximate surface area is 190 Å². The average molecular weight is 449 g/mol. The second-order valence-corrected chi connectivity index (χ2v) is 7.97. The first-order valence-electron chi connectivity index (χ1n) is 10.8. The molecule has 1 aromatic heterocycles. The summed E-state index contributed by atoms with van der Waals surface area (Å²) in [5.74, 6) is 5.22. The van der Waals surface area contributed by atoms with Gasteiger partial charge in [0.2, 0.25) is 0 Å². The number of thioether (sulfide) groups is 1. The maximum atomic E-state index is 5.74. The highest BCUT2D eigenvalue weighted by molar-refractivity contribution is 7.98. The van der Waals surface area contributed by atoms with E-state index in [0.29, 0.717) is 19.8 Å². The lowest BCUT2D eigenvalue weighted by molar-refractivity contribution is 0.287. The van der Waals surface area contributed by atoms with Crippen LogP contribution in [0.15, 0.2) is 23.2 Å². The minimum atomic E-state index is 0.479. The zero-order valence-corrected chi connectivity index (χ0v) is 20.2. The van der Waals surface area contributed by atoms with Crippen molar-refractivity contribution in [3.63, 3.8) is 0 Å². The molecule has 2 N–H and O–H groups in total. The Balaban J connectivity index is 1.97. The van der Waals surface area contributed by atoms with E-state index in [1.54, 1.807) is 0 Å². The van der Waals surface area contributed by atoms with Crippen LogP contribution in [-0.2, 0) is 20.0 Å². The Morgan fingerprint density at radius 1 is 1.10 bits per heavy atom. The van der Waals surface area contributed by atoms with Crippen molar-refractivity contribution in [2.75, 3.05) is 38.3 Å². The molecule has 0 saturated carbocycles. The summed E-state index contributed by atoms with van der Waals surface area (Å²) < 4.78 is 13.4. The van der Waals surface area contributed by atoms with E-state index in [-0.39, 0.29) is 0 Å². The fourth-order valence-electron chi connectivity index (χ4n) is 2.91. The first-order chi connectivity index (χ1) is 15.1. The van der Waals surface area contributed by atoms with Crippen molar-refractivity contribution in [3.8, 4) is 11.5 Å². The van der Waals surface area contributed by atoms with Gasteiger partial charge >= 0.3 is 0 Å². The van der Waals surface area contributed by atoms with Gasteiger partial charge in [0.25, 0.3) is 0 Å². The van der Waals surface area contributed by atoms with Crippen LogP contribution in [0.4, 0.5) is 0 Å². The average Bonchev–Trinajstić information content (AvgIpc) is 3.08. The Kier molecular flexibility index (Phi) is 11.1. The van der Waals surface area contributed by atoms with E-state index in [1.807, 2.05) is 50.2 Å². The zero-order valence-electron chi connectivity index (χ0n) is 19.4. The number of rotatable bonds is 13. The van der Waals surface area contributed by atoms with Crippen molar-refractivity contribution in [2.45, 2.75) is 40.2 Å². The molecule has 9 heteroatoms. The van der Waals surface area contributed by atoms with Gasteiger partial charge in [-0.15, -0.1) is 10.2 Å². The molecular formula is C22H36N6O2S. The van der Waals surface area contributed by atoms with Gasteiger partial charge in [-0.05, 0) is 63.3 Å². The summed E-state index contributed by atoms with van der Waals surface area (Å²) in [5.41, 5.74) is 1.19. The number of nitrogens with zero attached hydrogens (tertiary/aromatic N) is 4. The third-order valence-electron chi connectivity index (χ3n) is 4.69. The molecule has 0 spiro atoms. The van der Waals surface area contributed by atoms with Crippen molar-refractivity contribution < 1.29 is 9.47 Å². The van der Waals surface area contributed by atoms with Crippen LogP contribution < -0.4 is 20.1 Å². The molecule has 0 aliphatic carbocycles. The van der Waals surface area contributed by atoms with Crippen LogP contribution in [0.25, 0.3) is 0 Å². The molecule has 8 nitrogen and oxygen atoms in total. The molecule has 0 bridgehead atoms. The molecule has 0 atom stereocenters. The lowest BCUT2D eigenvalue weighted by Crippen LogP contribution is -2.39. The molecule has 0 radical (unpaired) electrons. The van der Waals surface area contributed by atoms with E-state index < -0.39 is 0 Å². The van der Waals surface area contributed by atoms with E-state index in [0.717, 1.165) is 60.8 Å². The van der Waals surface area contributed by atoms with Gasteiger partial charge in [-0.2, -0.15) is 11.8 Å². The SMILES string of the molecule is CCOc1ccc(CCNC(=NCc2nnc(C)n2C)NCCCSC)cc1OCC. The molecular weight excluding hydrogens is 412 g/mol. The molecule has 0 fully saturated rings. The zero-order chi connectivity index (χ0) is 22.5. The summed E-state index contributed by atoms with van der Waals surface area (Å²) in [6.07, 6.45) is 4.06. The molecule has 2 rings (SSSR count). The van der Waals surface area contributed by atoms with Gasteiger partial charge in [-0.25, -0.2) is 4.99 Å². The van der Waals surface area contributed by atoms with Crippen LogP contribution in [0.1, 0.15) is 37.5 Å². The lowest BCUT2D eigenvalue weighted by atomic mass is 10.1. The van der Waals surface area contributed by atoms with Gasteiger partial charge in [0.1, 0.15) is 12.4 Å². The van der Waals surface area contributed by atoms with Crippen molar-refractivity contribution in [3.05, 3.63) is 35.4 Å². The smallest absolute Gasteiger partial charge is 0.191 e. The molecule has 0 saturated heterocycles. The van der Waals surface area contributed by atoms with E-state index in [9.17, 15) is 0 Å². The van der Waals surface area contributed by atoms with Crippen LogP contribution in [0.5, 0.6) is 11.5 Å². The van der Waals surface area contributed by atoms with Gasteiger partial charge < -0.3 is 24.7 Å². The number of aryl methyl sites for hydroxylation is 1. The van der Waals surface area contributed by atoms with Crippen molar-refractivity contribution in [2.24, 2.45) is 12.0 Å². The molecule has 31 heavy (non-hydrogen) atoms. The first kappa shape index (κ1) is 24.8. The minimum Gasteiger partial charge on any atom is -0.490 e.